The van der Waals surface area contributed by atoms with Gasteiger partial charge in [-0.15, -0.1) is 5.10 Å². The number of carbonyl (C=O) groups is 1. The van der Waals surface area contributed by atoms with Gasteiger partial charge in [0.25, 0.3) is 5.91 Å². The second-order valence-electron chi connectivity index (χ2n) is 5.65. The minimum absolute atomic E-state index is 0.110. The summed E-state index contributed by atoms with van der Waals surface area (Å²) in [6, 6.07) is 4.01. The Kier molecular flexibility index (Phi) is 3.68. The Bertz CT molecular complexity index is 917. The van der Waals surface area contributed by atoms with E-state index in [1.165, 1.54) is 11.8 Å². The molecule has 4 rings (SSSR count). The van der Waals surface area contributed by atoms with Gasteiger partial charge in [0.2, 0.25) is 11.7 Å². The number of hydrogen-bond acceptors (Lipinski definition) is 7. The third-order valence-electron chi connectivity index (χ3n) is 4.02. The Balaban J connectivity index is 1.56. The molecule has 0 N–H and O–H groups in total. The predicted molar refractivity (Wildman–Crippen MR) is 85.7 cm³/mol. The summed E-state index contributed by atoms with van der Waals surface area (Å²) in [6.45, 7) is 0.882. The van der Waals surface area contributed by atoms with E-state index in [4.69, 9.17) is 9.15 Å². The SMILES string of the molecule is COc1nc(C(=O)N2CCc3oc(-c4cccnc4)nc3C2)nn1C. The molecule has 1 amide bonds. The number of fused-ring (bicyclic) bond motifs is 1. The van der Waals surface area contributed by atoms with Gasteiger partial charge in [-0.2, -0.15) is 4.98 Å². The summed E-state index contributed by atoms with van der Waals surface area (Å²) in [7, 11) is 3.16. The molecule has 0 unspecified atom stereocenters. The van der Waals surface area contributed by atoms with E-state index in [9.17, 15) is 4.79 Å². The van der Waals surface area contributed by atoms with Crippen LogP contribution in [0.25, 0.3) is 11.5 Å². The summed E-state index contributed by atoms with van der Waals surface area (Å²) < 4.78 is 12.3. The average molecular weight is 340 g/mol. The molecule has 0 spiro atoms. The largest absolute Gasteiger partial charge is 0.467 e. The normalized spacial score (nSPS) is 13.6. The van der Waals surface area contributed by atoms with Crippen LogP contribution >= 0.6 is 0 Å². The molecule has 128 valence electrons. The molecule has 3 aromatic heterocycles. The van der Waals surface area contributed by atoms with Gasteiger partial charge < -0.3 is 14.1 Å². The van der Waals surface area contributed by atoms with Crippen LogP contribution in [0.4, 0.5) is 0 Å². The first kappa shape index (κ1) is 15.3. The van der Waals surface area contributed by atoms with Crippen LogP contribution in [0.2, 0.25) is 0 Å². The monoisotopic (exact) mass is 340 g/mol. The Labute approximate surface area is 143 Å². The van der Waals surface area contributed by atoms with Gasteiger partial charge in [0.15, 0.2) is 0 Å². The average Bonchev–Trinajstić information content (AvgIpc) is 3.24. The second kappa shape index (κ2) is 6.00. The van der Waals surface area contributed by atoms with Gasteiger partial charge in [0.05, 0.1) is 19.2 Å². The number of rotatable bonds is 3. The van der Waals surface area contributed by atoms with E-state index in [1.807, 2.05) is 12.1 Å². The highest BCUT2D eigenvalue weighted by Crippen LogP contribution is 2.26. The zero-order chi connectivity index (χ0) is 17.4. The molecule has 9 nitrogen and oxygen atoms in total. The number of amides is 1. The maximum atomic E-state index is 12.6. The molecule has 0 aromatic carbocycles. The number of ether oxygens (including phenoxy) is 1. The lowest BCUT2D eigenvalue weighted by molar-refractivity contribution is 0.0715. The van der Waals surface area contributed by atoms with Crippen LogP contribution in [-0.2, 0) is 20.0 Å². The molecule has 3 aromatic rings. The van der Waals surface area contributed by atoms with E-state index in [1.54, 1.807) is 24.3 Å². The summed E-state index contributed by atoms with van der Waals surface area (Å²) in [6.07, 6.45) is 3.99. The first-order chi connectivity index (χ1) is 12.2. The molecule has 0 saturated carbocycles. The van der Waals surface area contributed by atoms with Gasteiger partial charge in [-0.1, -0.05) is 0 Å². The molecule has 4 heterocycles. The van der Waals surface area contributed by atoms with Gasteiger partial charge >= 0.3 is 6.01 Å². The lowest BCUT2D eigenvalue weighted by atomic mass is 10.1. The van der Waals surface area contributed by atoms with Crippen LogP contribution in [0, 0.1) is 0 Å². The Morgan fingerprint density at radius 3 is 2.96 bits per heavy atom. The highest BCUT2D eigenvalue weighted by atomic mass is 16.5. The number of oxazole rings is 1. The van der Waals surface area contributed by atoms with Crippen molar-refractivity contribution in [2.24, 2.45) is 7.05 Å². The lowest BCUT2D eigenvalue weighted by Gasteiger charge is -2.23. The molecule has 0 radical (unpaired) electrons. The van der Waals surface area contributed by atoms with Crippen molar-refractivity contribution in [3.05, 3.63) is 41.8 Å². The molecule has 0 fully saturated rings. The van der Waals surface area contributed by atoms with Crippen LogP contribution in [0.15, 0.2) is 28.9 Å². The van der Waals surface area contributed by atoms with E-state index in [0.717, 1.165) is 17.0 Å². The zero-order valence-electron chi connectivity index (χ0n) is 13.8. The van der Waals surface area contributed by atoms with E-state index in [0.29, 0.717) is 31.4 Å². The summed E-state index contributed by atoms with van der Waals surface area (Å²) in [4.78, 5) is 27.0. The van der Waals surface area contributed by atoms with Crippen molar-refractivity contribution in [3.8, 4) is 17.5 Å². The van der Waals surface area contributed by atoms with Crippen molar-refractivity contribution in [1.29, 1.82) is 0 Å². The van der Waals surface area contributed by atoms with Gasteiger partial charge in [0.1, 0.15) is 11.5 Å². The quantitative estimate of drug-likeness (QED) is 0.703. The summed E-state index contributed by atoms with van der Waals surface area (Å²) in [5.41, 5.74) is 1.56. The van der Waals surface area contributed by atoms with Crippen LogP contribution in [0.5, 0.6) is 6.01 Å². The van der Waals surface area contributed by atoms with Crippen molar-refractivity contribution >= 4 is 5.91 Å². The van der Waals surface area contributed by atoms with Gasteiger partial charge in [-0.25, -0.2) is 9.67 Å². The molecular weight excluding hydrogens is 324 g/mol. The Morgan fingerprint density at radius 1 is 1.36 bits per heavy atom. The van der Waals surface area contributed by atoms with E-state index >= 15 is 0 Å². The second-order valence-corrected chi connectivity index (χ2v) is 5.65. The molecule has 0 atom stereocenters. The summed E-state index contributed by atoms with van der Waals surface area (Å²) in [5, 5.41) is 4.10. The van der Waals surface area contributed by atoms with Crippen molar-refractivity contribution < 1.29 is 13.9 Å². The first-order valence-electron chi connectivity index (χ1n) is 7.79. The fourth-order valence-electron chi connectivity index (χ4n) is 2.76. The fourth-order valence-corrected chi connectivity index (χ4v) is 2.76. The van der Waals surface area contributed by atoms with Gasteiger partial charge in [-0.05, 0) is 12.1 Å². The third kappa shape index (κ3) is 2.73. The number of aryl methyl sites for hydroxylation is 1. The van der Waals surface area contributed by atoms with Crippen molar-refractivity contribution in [2.75, 3.05) is 13.7 Å². The standard InChI is InChI=1S/C16H16N6O3/c1-21-16(24-2)19-13(20-21)15(23)22-7-5-12-11(9-22)18-14(25-12)10-4-3-6-17-8-10/h3-4,6,8H,5,7,9H2,1-2H3. The number of carbonyl (C=O) groups excluding carboxylic acids is 1. The molecular formula is C16H16N6O3. The zero-order valence-corrected chi connectivity index (χ0v) is 13.8. The minimum Gasteiger partial charge on any atom is -0.467 e. The van der Waals surface area contributed by atoms with Gasteiger partial charge in [0, 0.05) is 32.4 Å². The van der Waals surface area contributed by atoms with Crippen molar-refractivity contribution in [2.45, 2.75) is 13.0 Å². The van der Waals surface area contributed by atoms with Crippen molar-refractivity contribution in [3.63, 3.8) is 0 Å². The lowest BCUT2D eigenvalue weighted by Crippen LogP contribution is -2.36. The molecule has 0 bridgehead atoms. The molecule has 0 saturated heterocycles. The maximum Gasteiger partial charge on any atom is 0.314 e. The van der Waals surface area contributed by atoms with Gasteiger partial charge in [-0.3, -0.25) is 9.78 Å². The molecule has 0 aliphatic carbocycles. The summed E-state index contributed by atoms with van der Waals surface area (Å²) >= 11 is 0. The molecule has 9 heteroatoms. The topological polar surface area (TPSA) is 99.2 Å². The van der Waals surface area contributed by atoms with Crippen LogP contribution in [0.1, 0.15) is 22.1 Å². The highest BCUT2D eigenvalue weighted by molar-refractivity contribution is 5.90. The van der Waals surface area contributed by atoms with Crippen molar-refractivity contribution in [1.82, 2.24) is 29.6 Å². The predicted octanol–water partition coefficient (Wildman–Crippen LogP) is 1.07. The number of nitrogens with zero attached hydrogens (tertiary/aromatic N) is 6. The van der Waals surface area contributed by atoms with Crippen LogP contribution in [-0.4, -0.2) is 49.2 Å². The Hall–Kier alpha value is -3.23. The maximum absolute atomic E-state index is 12.6. The number of hydrogen-bond donors (Lipinski definition) is 0. The fraction of sp³-hybridized carbons (Fsp3) is 0.312. The first-order valence-corrected chi connectivity index (χ1v) is 7.79. The van der Waals surface area contributed by atoms with E-state index in [-0.39, 0.29) is 11.7 Å². The molecule has 1 aliphatic rings. The molecule has 1 aliphatic heterocycles. The number of aromatic nitrogens is 5. The van der Waals surface area contributed by atoms with E-state index < -0.39 is 0 Å². The Morgan fingerprint density at radius 2 is 2.24 bits per heavy atom. The summed E-state index contributed by atoms with van der Waals surface area (Å²) in [5.74, 6) is 1.17. The highest BCUT2D eigenvalue weighted by Gasteiger charge is 2.29. The minimum atomic E-state index is -0.254. The number of methoxy groups -OCH3 is 1. The van der Waals surface area contributed by atoms with Crippen LogP contribution in [0.3, 0.4) is 0 Å². The smallest absolute Gasteiger partial charge is 0.314 e. The van der Waals surface area contributed by atoms with E-state index in [2.05, 4.69) is 20.1 Å². The molecule has 25 heavy (non-hydrogen) atoms. The third-order valence-corrected chi connectivity index (χ3v) is 4.02. The number of pyridine rings is 1. The van der Waals surface area contributed by atoms with Crippen LogP contribution < -0.4 is 4.74 Å².